The van der Waals surface area contributed by atoms with Crippen LogP contribution in [0.1, 0.15) is 24.3 Å². The van der Waals surface area contributed by atoms with E-state index in [1.807, 2.05) is 18.2 Å². The quantitative estimate of drug-likeness (QED) is 0.635. The van der Waals surface area contributed by atoms with Gasteiger partial charge in [0, 0.05) is 12.2 Å². The van der Waals surface area contributed by atoms with Crippen molar-refractivity contribution in [1.29, 1.82) is 0 Å². The Labute approximate surface area is 79.1 Å². The molecule has 0 spiro atoms. The van der Waals surface area contributed by atoms with Gasteiger partial charge in [0.1, 0.15) is 0 Å². The summed E-state index contributed by atoms with van der Waals surface area (Å²) in [6.45, 7) is 2.22. The van der Waals surface area contributed by atoms with Gasteiger partial charge in [-0.05, 0) is 49.1 Å². The topological polar surface area (TPSA) is 38.0 Å². The Morgan fingerprint density at radius 1 is 1.54 bits per heavy atom. The molecule has 0 aromatic heterocycles. The van der Waals surface area contributed by atoms with E-state index in [1.165, 1.54) is 18.4 Å². The van der Waals surface area contributed by atoms with Gasteiger partial charge in [-0.25, -0.2) is 0 Å². The molecule has 1 aromatic carbocycles. The zero-order chi connectivity index (χ0) is 9.10. The van der Waals surface area contributed by atoms with Crippen LogP contribution in [-0.4, -0.2) is 13.1 Å². The lowest BCUT2D eigenvalue weighted by Gasteiger charge is -2.22. The molecule has 1 fully saturated rings. The van der Waals surface area contributed by atoms with Gasteiger partial charge in [-0.2, -0.15) is 0 Å². The first-order valence-corrected chi connectivity index (χ1v) is 4.84. The number of anilines is 1. The molecule has 0 aliphatic carbocycles. The van der Waals surface area contributed by atoms with E-state index in [0.29, 0.717) is 5.92 Å². The lowest BCUT2D eigenvalue weighted by Crippen LogP contribution is -2.28. The van der Waals surface area contributed by atoms with Crippen molar-refractivity contribution in [3.05, 3.63) is 29.8 Å². The molecule has 1 atom stereocenters. The van der Waals surface area contributed by atoms with Crippen LogP contribution in [0, 0.1) is 6.07 Å². The molecule has 0 saturated carbocycles. The van der Waals surface area contributed by atoms with Gasteiger partial charge in [0.25, 0.3) is 0 Å². The molecule has 69 valence electrons. The number of benzene rings is 1. The second-order valence-corrected chi connectivity index (χ2v) is 3.62. The zero-order valence-electron chi connectivity index (χ0n) is 7.72. The number of nitrogens with one attached hydrogen (secondary N) is 1. The first-order chi connectivity index (χ1) is 6.36. The molecule has 2 heteroatoms. The highest BCUT2D eigenvalue weighted by Gasteiger charge is 2.14. The number of nitrogens with two attached hydrogens (primary N) is 1. The Bertz CT molecular complexity index is 277. The van der Waals surface area contributed by atoms with Crippen molar-refractivity contribution < 1.29 is 0 Å². The lowest BCUT2D eigenvalue weighted by atomic mass is 9.91. The molecule has 1 saturated heterocycles. The molecule has 1 radical (unpaired) electrons. The van der Waals surface area contributed by atoms with Crippen LogP contribution in [0.4, 0.5) is 5.69 Å². The van der Waals surface area contributed by atoms with Gasteiger partial charge >= 0.3 is 0 Å². The highest BCUT2D eigenvalue weighted by atomic mass is 14.9. The molecular weight excluding hydrogens is 160 g/mol. The predicted octanol–water partition coefficient (Wildman–Crippen LogP) is 1.54. The summed E-state index contributed by atoms with van der Waals surface area (Å²) in [5.74, 6) is 0.609. The number of piperidine rings is 1. The van der Waals surface area contributed by atoms with Gasteiger partial charge < -0.3 is 11.1 Å². The number of hydrogen-bond acceptors (Lipinski definition) is 2. The van der Waals surface area contributed by atoms with Crippen LogP contribution in [0.5, 0.6) is 0 Å². The minimum Gasteiger partial charge on any atom is -0.399 e. The van der Waals surface area contributed by atoms with E-state index >= 15 is 0 Å². The van der Waals surface area contributed by atoms with E-state index in [4.69, 9.17) is 5.73 Å². The molecular formula is C11H15N2. The second-order valence-electron chi connectivity index (χ2n) is 3.62. The average molecular weight is 175 g/mol. The SMILES string of the molecule is Nc1cc[c]c(C2CCCNC2)c1. The van der Waals surface area contributed by atoms with Crippen LogP contribution in [0.15, 0.2) is 18.2 Å². The standard InChI is InChI=1S/C11H15N2/c12-11-5-1-3-9(7-11)10-4-2-6-13-8-10/h1,5,7,10,13H,2,4,6,8,12H2. The first kappa shape index (κ1) is 8.57. The Hall–Kier alpha value is -1.02. The van der Waals surface area contributed by atoms with Crippen LogP contribution in [0.2, 0.25) is 0 Å². The number of rotatable bonds is 1. The minimum atomic E-state index is 0.609. The van der Waals surface area contributed by atoms with Crippen LogP contribution in [0.25, 0.3) is 0 Å². The van der Waals surface area contributed by atoms with Crippen LogP contribution < -0.4 is 11.1 Å². The van der Waals surface area contributed by atoms with Crippen molar-refractivity contribution in [3.63, 3.8) is 0 Å². The zero-order valence-corrected chi connectivity index (χ0v) is 7.72. The monoisotopic (exact) mass is 175 g/mol. The van der Waals surface area contributed by atoms with E-state index in [9.17, 15) is 0 Å². The van der Waals surface area contributed by atoms with Crippen molar-refractivity contribution in [1.82, 2.24) is 5.32 Å². The van der Waals surface area contributed by atoms with Gasteiger partial charge in [-0.1, -0.05) is 6.07 Å². The Morgan fingerprint density at radius 3 is 3.15 bits per heavy atom. The van der Waals surface area contributed by atoms with Crippen molar-refractivity contribution in [2.75, 3.05) is 18.8 Å². The van der Waals surface area contributed by atoms with Gasteiger partial charge in [0.15, 0.2) is 0 Å². The molecule has 1 unspecified atom stereocenters. The maximum Gasteiger partial charge on any atom is 0.0317 e. The molecule has 0 amide bonds. The van der Waals surface area contributed by atoms with E-state index in [2.05, 4.69) is 11.4 Å². The molecule has 3 N–H and O–H groups in total. The highest BCUT2D eigenvalue weighted by molar-refractivity contribution is 5.41. The number of hydrogen-bond donors (Lipinski definition) is 2. The summed E-state index contributed by atoms with van der Waals surface area (Å²) >= 11 is 0. The van der Waals surface area contributed by atoms with E-state index in [-0.39, 0.29) is 0 Å². The van der Waals surface area contributed by atoms with Gasteiger partial charge in [-0.15, -0.1) is 0 Å². The molecule has 1 aliphatic rings. The third-order valence-corrected chi connectivity index (χ3v) is 2.58. The number of nitrogen functional groups attached to an aromatic ring is 1. The summed E-state index contributed by atoms with van der Waals surface area (Å²) in [5.41, 5.74) is 7.83. The van der Waals surface area contributed by atoms with E-state index < -0.39 is 0 Å². The summed E-state index contributed by atoms with van der Waals surface area (Å²) in [5, 5.41) is 3.39. The average Bonchev–Trinajstić information content (AvgIpc) is 2.19. The molecule has 0 bridgehead atoms. The smallest absolute Gasteiger partial charge is 0.0317 e. The van der Waals surface area contributed by atoms with Gasteiger partial charge in [0.05, 0.1) is 0 Å². The van der Waals surface area contributed by atoms with Crippen LogP contribution in [-0.2, 0) is 0 Å². The van der Waals surface area contributed by atoms with Crippen molar-refractivity contribution in [2.24, 2.45) is 0 Å². The third kappa shape index (κ3) is 2.01. The van der Waals surface area contributed by atoms with Gasteiger partial charge in [0.2, 0.25) is 0 Å². The summed E-state index contributed by atoms with van der Waals surface area (Å²) in [6.07, 6.45) is 2.51. The third-order valence-electron chi connectivity index (χ3n) is 2.58. The van der Waals surface area contributed by atoms with Crippen molar-refractivity contribution >= 4 is 5.69 Å². The van der Waals surface area contributed by atoms with Gasteiger partial charge in [-0.3, -0.25) is 0 Å². The largest absolute Gasteiger partial charge is 0.399 e. The normalized spacial score (nSPS) is 22.9. The maximum absolute atomic E-state index is 5.72. The fraction of sp³-hybridized carbons (Fsp3) is 0.455. The fourth-order valence-corrected chi connectivity index (χ4v) is 1.86. The summed E-state index contributed by atoms with van der Waals surface area (Å²) in [7, 11) is 0. The summed E-state index contributed by atoms with van der Waals surface area (Å²) in [6, 6.07) is 9.10. The van der Waals surface area contributed by atoms with Crippen molar-refractivity contribution in [3.8, 4) is 0 Å². The Morgan fingerprint density at radius 2 is 2.46 bits per heavy atom. The fourth-order valence-electron chi connectivity index (χ4n) is 1.86. The molecule has 1 heterocycles. The lowest BCUT2D eigenvalue weighted by molar-refractivity contribution is 0.461. The predicted molar refractivity (Wildman–Crippen MR) is 54.5 cm³/mol. The molecule has 2 nitrogen and oxygen atoms in total. The van der Waals surface area contributed by atoms with E-state index in [1.54, 1.807) is 0 Å². The van der Waals surface area contributed by atoms with Crippen LogP contribution >= 0.6 is 0 Å². The molecule has 1 aliphatic heterocycles. The molecule has 2 rings (SSSR count). The second kappa shape index (κ2) is 3.79. The Balaban J connectivity index is 2.14. The maximum atomic E-state index is 5.72. The summed E-state index contributed by atoms with van der Waals surface area (Å²) in [4.78, 5) is 0. The van der Waals surface area contributed by atoms with Crippen LogP contribution in [0.3, 0.4) is 0 Å². The molecule has 1 aromatic rings. The minimum absolute atomic E-state index is 0.609. The summed E-state index contributed by atoms with van der Waals surface area (Å²) < 4.78 is 0. The Kier molecular flexibility index (Phi) is 2.50. The molecule has 13 heavy (non-hydrogen) atoms. The van der Waals surface area contributed by atoms with E-state index in [0.717, 1.165) is 18.8 Å². The first-order valence-electron chi connectivity index (χ1n) is 4.84. The highest BCUT2D eigenvalue weighted by Crippen LogP contribution is 2.23. The van der Waals surface area contributed by atoms with Crippen molar-refractivity contribution in [2.45, 2.75) is 18.8 Å².